The van der Waals surface area contributed by atoms with Gasteiger partial charge in [0, 0.05) is 18.3 Å². The molecule has 0 atom stereocenters. The van der Waals surface area contributed by atoms with E-state index in [9.17, 15) is 14.9 Å². The van der Waals surface area contributed by atoms with E-state index >= 15 is 0 Å². The van der Waals surface area contributed by atoms with Gasteiger partial charge in [-0.15, -0.1) is 0 Å². The van der Waals surface area contributed by atoms with Crippen molar-refractivity contribution >= 4 is 11.7 Å². The zero-order valence-electron chi connectivity index (χ0n) is 10.2. The van der Waals surface area contributed by atoms with Crippen LogP contribution in [-0.2, 0) is 6.61 Å². The fraction of sp³-hybridized carbons (Fsp3) is 0.0769. The number of aromatic carboxylic acids is 1. The Morgan fingerprint density at radius 2 is 2.15 bits per heavy atom. The first-order valence-corrected chi connectivity index (χ1v) is 5.62. The quantitative estimate of drug-likeness (QED) is 0.662. The molecule has 1 aromatic carbocycles. The second kappa shape index (κ2) is 5.79. The number of aromatic nitrogens is 1. The van der Waals surface area contributed by atoms with Gasteiger partial charge in [0.15, 0.2) is 5.75 Å². The number of nitrogens with zero attached hydrogens (tertiary/aromatic N) is 2. The SMILES string of the molecule is O=C(O)c1ccc([N+](=O)[O-])c(OCc2ccccn2)c1. The molecule has 1 aromatic heterocycles. The van der Waals surface area contributed by atoms with Crippen LogP contribution in [0.3, 0.4) is 0 Å². The number of carboxylic acids is 1. The summed E-state index contributed by atoms with van der Waals surface area (Å²) in [6.45, 7) is 0.0186. The van der Waals surface area contributed by atoms with Crippen LogP contribution in [0.1, 0.15) is 16.1 Å². The van der Waals surface area contributed by atoms with Crippen molar-refractivity contribution in [3.8, 4) is 5.75 Å². The fourth-order valence-corrected chi connectivity index (χ4v) is 1.55. The average molecular weight is 274 g/mol. The van der Waals surface area contributed by atoms with Crippen LogP contribution < -0.4 is 4.74 Å². The van der Waals surface area contributed by atoms with Crippen LogP contribution in [0.15, 0.2) is 42.6 Å². The van der Waals surface area contributed by atoms with Crippen LogP contribution in [0, 0.1) is 10.1 Å². The molecule has 2 rings (SSSR count). The minimum atomic E-state index is -1.18. The molecule has 20 heavy (non-hydrogen) atoms. The van der Waals surface area contributed by atoms with Gasteiger partial charge < -0.3 is 9.84 Å². The molecule has 7 nitrogen and oxygen atoms in total. The van der Waals surface area contributed by atoms with Gasteiger partial charge in [-0.3, -0.25) is 15.1 Å². The van der Waals surface area contributed by atoms with Crippen molar-refractivity contribution in [1.29, 1.82) is 0 Å². The first-order chi connectivity index (χ1) is 9.58. The molecule has 0 aliphatic carbocycles. The van der Waals surface area contributed by atoms with Gasteiger partial charge in [-0.05, 0) is 18.2 Å². The average Bonchev–Trinajstić information content (AvgIpc) is 2.45. The first kappa shape index (κ1) is 13.5. The van der Waals surface area contributed by atoms with E-state index in [1.54, 1.807) is 24.4 Å². The number of ether oxygens (including phenoxy) is 1. The van der Waals surface area contributed by atoms with Gasteiger partial charge in [-0.1, -0.05) is 6.07 Å². The zero-order valence-corrected chi connectivity index (χ0v) is 10.2. The lowest BCUT2D eigenvalue weighted by atomic mass is 10.2. The molecule has 1 heterocycles. The summed E-state index contributed by atoms with van der Waals surface area (Å²) in [4.78, 5) is 25.1. The molecule has 0 amide bonds. The van der Waals surface area contributed by atoms with E-state index in [0.29, 0.717) is 5.69 Å². The van der Waals surface area contributed by atoms with E-state index in [4.69, 9.17) is 9.84 Å². The van der Waals surface area contributed by atoms with E-state index in [1.807, 2.05) is 0 Å². The van der Waals surface area contributed by atoms with Gasteiger partial charge in [0.1, 0.15) is 6.61 Å². The second-order valence-corrected chi connectivity index (χ2v) is 3.85. The number of carbonyl (C=O) groups is 1. The number of hydrogen-bond acceptors (Lipinski definition) is 5. The molecular weight excluding hydrogens is 264 g/mol. The number of hydrogen-bond donors (Lipinski definition) is 1. The van der Waals surface area contributed by atoms with Crippen LogP contribution >= 0.6 is 0 Å². The Morgan fingerprint density at radius 3 is 2.75 bits per heavy atom. The molecule has 0 spiro atoms. The third-order valence-corrected chi connectivity index (χ3v) is 2.51. The van der Waals surface area contributed by atoms with Gasteiger partial charge in [0.2, 0.25) is 0 Å². The topological polar surface area (TPSA) is 103 Å². The van der Waals surface area contributed by atoms with Crippen LogP contribution in [-0.4, -0.2) is 21.0 Å². The summed E-state index contributed by atoms with van der Waals surface area (Å²) >= 11 is 0. The highest BCUT2D eigenvalue weighted by Crippen LogP contribution is 2.28. The third kappa shape index (κ3) is 3.08. The second-order valence-electron chi connectivity index (χ2n) is 3.85. The molecule has 2 aromatic rings. The molecule has 0 bridgehead atoms. The van der Waals surface area contributed by atoms with Crippen molar-refractivity contribution in [2.45, 2.75) is 6.61 Å². The highest BCUT2D eigenvalue weighted by Gasteiger charge is 2.18. The summed E-state index contributed by atoms with van der Waals surface area (Å²) in [5.41, 5.74) is 0.222. The van der Waals surface area contributed by atoms with E-state index < -0.39 is 10.9 Å². The van der Waals surface area contributed by atoms with Gasteiger partial charge >= 0.3 is 11.7 Å². The van der Waals surface area contributed by atoms with Gasteiger partial charge in [0.25, 0.3) is 0 Å². The van der Waals surface area contributed by atoms with Crippen LogP contribution in [0.25, 0.3) is 0 Å². The Morgan fingerprint density at radius 1 is 1.35 bits per heavy atom. The molecule has 0 aliphatic heterocycles. The molecule has 0 aliphatic rings. The largest absolute Gasteiger partial charge is 0.480 e. The Balaban J connectivity index is 2.26. The molecule has 0 saturated carbocycles. The molecule has 0 saturated heterocycles. The molecular formula is C13H10N2O5. The maximum atomic E-state index is 10.9. The van der Waals surface area contributed by atoms with Crippen molar-refractivity contribution in [3.63, 3.8) is 0 Å². The van der Waals surface area contributed by atoms with Crippen molar-refractivity contribution in [1.82, 2.24) is 4.98 Å². The summed E-state index contributed by atoms with van der Waals surface area (Å²) in [5.74, 6) is -1.27. The zero-order chi connectivity index (χ0) is 14.5. The molecule has 0 radical (unpaired) electrons. The van der Waals surface area contributed by atoms with Crippen LogP contribution in [0.2, 0.25) is 0 Å². The van der Waals surface area contributed by atoms with Gasteiger partial charge in [-0.25, -0.2) is 4.79 Å². The van der Waals surface area contributed by atoms with Gasteiger partial charge in [0.05, 0.1) is 16.2 Å². The molecule has 0 fully saturated rings. The van der Waals surface area contributed by atoms with E-state index in [-0.39, 0.29) is 23.6 Å². The number of pyridine rings is 1. The van der Waals surface area contributed by atoms with E-state index in [2.05, 4.69) is 4.98 Å². The molecule has 102 valence electrons. The first-order valence-electron chi connectivity index (χ1n) is 5.62. The normalized spacial score (nSPS) is 10.0. The third-order valence-electron chi connectivity index (χ3n) is 2.51. The number of nitro groups is 1. The Bertz CT molecular complexity index is 642. The van der Waals surface area contributed by atoms with Crippen molar-refractivity contribution in [2.24, 2.45) is 0 Å². The van der Waals surface area contributed by atoms with Gasteiger partial charge in [-0.2, -0.15) is 0 Å². The minimum absolute atomic E-state index is 0.0186. The minimum Gasteiger partial charge on any atom is -0.480 e. The van der Waals surface area contributed by atoms with E-state index in [0.717, 1.165) is 18.2 Å². The maximum Gasteiger partial charge on any atom is 0.335 e. The van der Waals surface area contributed by atoms with Crippen LogP contribution in [0.4, 0.5) is 5.69 Å². The van der Waals surface area contributed by atoms with Crippen molar-refractivity contribution < 1.29 is 19.6 Å². The summed E-state index contributed by atoms with van der Waals surface area (Å²) in [7, 11) is 0. The summed E-state index contributed by atoms with van der Waals surface area (Å²) in [5, 5.41) is 19.8. The standard InChI is InChI=1S/C13H10N2O5/c16-13(17)9-4-5-11(15(18)19)12(7-9)20-8-10-3-1-2-6-14-10/h1-7H,8H2,(H,16,17). The van der Waals surface area contributed by atoms with Crippen LogP contribution in [0.5, 0.6) is 5.75 Å². The predicted octanol–water partition coefficient (Wildman–Crippen LogP) is 2.27. The Kier molecular flexibility index (Phi) is 3.90. The number of rotatable bonds is 5. The number of carboxylic acid groups (broad SMARTS) is 1. The maximum absolute atomic E-state index is 10.9. The fourth-order valence-electron chi connectivity index (χ4n) is 1.55. The monoisotopic (exact) mass is 274 g/mol. The van der Waals surface area contributed by atoms with Crippen molar-refractivity contribution in [3.05, 3.63) is 64.0 Å². The highest BCUT2D eigenvalue weighted by molar-refractivity contribution is 5.88. The lowest BCUT2D eigenvalue weighted by Crippen LogP contribution is -2.03. The summed E-state index contributed by atoms with van der Waals surface area (Å²) in [6.07, 6.45) is 1.57. The summed E-state index contributed by atoms with van der Waals surface area (Å²) < 4.78 is 5.31. The lowest BCUT2D eigenvalue weighted by molar-refractivity contribution is -0.385. The number of nitro benzene ring substituents is 1. The Labute approximate surface area is 113 Å². The lowest BCUT2D eigenvalue weighted by Gasteiger charge is -2.07. The summed E-state index contributed by atoms with van der Waals surface area (Å²) in [6, 6.07) is 8.59. The van der Waals surface area contributed by atoms with E-state index in [1.165, 1.54) is 0 Å². The number of benzene rings is 1. The Hall–Kier alpha value is -2.96. The molecule has 0 unspecified atom stereocenters. The smallest absolute Gasteiger partial charge is 0.335 e. The molecule has 7 heteroatoms. The predicted molar refractivity (Wildman–Crippen MR) is 68.6 cm³/mol. The van der Waals surface area contributed by atoms with Crippen molar-refractivity contribution in [2.75, 3.05) is 0 Å². The highest BCUT2D eigenvalue weighted by atomic mass is 16.6. The molecule has 1 N–H and O–H groups in total.